The molecule has 0 aliphatic carbocycles. The molecule has 5 nitrogen and oxygen atoms in total. The van der Waals surface area contributed by atoms with Gasteiger partial charge in [0.05, 0.1) is 0 Å². The maximum absolute atomic E-state index is 13.0. The Morgan fingerprint density at radius 1 is 0.931 bits per heavy atom. The van der Waals surface area contributed by atoms with Crippen LogP contribution in [0.5, 0.6) is 11.5 Å². The Balaban J connectivity index is 1.12. The minimum absolute atomic E-state index is 0.0429. The van der Waals surface area contributed by atoms with E-state index in [4.69, 9.17) is 9.47 Å². The van der Waals surface area contributed by atoms with E-state index in [0.717, 1.165) is 55.8 Å². The summed E-state index contributed by atoms with van der Waals surface area (Å²) >= 11 is 0. The van der Waals surface area contributed by atoms with Crippen LogP contribution in [-0.4, -0.2) is 48.7 Å². The Morgan fingerprint density at radius 2 is 1.62 bits per heavy atom. The van der Waals surface area contributed by atoms with Crippen molar-refractivity contribution in [2.45, 2.75) is 43.9 Å². The summed E-state index contributed by atoms with van der Waals surface area (Å²) in [6, 6.07) is 18.3. The molecule has 3 unspecified atom stereocenters. The number of carbonyl (C=O) groups excluding carboxylic acids is 1. The van der Waals surface area contributed by atoms with E-state index in [-0.39, 0.29) is 12.0 Å². The average Bonchev–Trinajstić information content (AvgIpc) is 3.03. The summed E-state index contributed by atoms with van der Waals surface area (Å²) < 4.78 is 11.8. The molecule has 1 amide bonds. The number of benzene rings is 2. The number of hydrogen-bond acceptors (Lipinski definition) is 4. The Kier molecular flexibility index (Phi) is 5.15. The van der Waals surface area contributed by atoms with Crippen LogP contribution in [0.15, 0.2) is 54.6 Å². The van der Waals surface area contributed by atoms with Crippen LogP contribution in [0.25, 0.3) is 0 Å². The molecule has 3 aliphatic heterocycles. The first kappa shape index (κ1) is 18.5. The summed E-state index contributed by atoms with van der Waals surface area (Å²) in [5.41, 5.74) is 0.815. The SMILES string of the molecule is O=C(c1ccccc1)N1C2CCC1CC(CNCC1COc3ccccc3O1)C2. The van der Waals surface area contributed by atoms with Gasteiger partial charge in [-0.2, -0.15) is 0 Å². The van der Waals surface area contributed by atoms with E-state index in [2.05, 4.69) is 10.2 Å². The summed E-state index contributed by atoms with van der Waals surface area (Å²) in [5.74, 6) is 2.48. The van der Waals surface area contributed by atoms with E-state index in [1.165, 1.54) is 0 Å². The molecule has 2 saturated heterocycles. The van der Waals surface area contributed by atoms with Crippen molar-refractivity contribution in [1.29, 1.82) is 0 Å². The smallest absolute Gasteiger partial charge is 0.254 e. The van der Waals surface area contributed by atoms with Gasteiger partial charge in [0.1, 0.15) is 12.7 Å². The number of amides is 1. The van der Waals surface area contributed by atoms with Crippen molar-refractivity contribution in [3.8, 4) is 11.5 Å². The molecule has 5 heteroatoms. The highest BCUT2D eigenvalue weighted by Gasteiger charge is 2.43. The summed E-state index contributed by atoms with van der Waals surface area (Å²) in [5, 5.41) is 3.59. The van der Waals surface area contributed by atoms with Crippen molar-refractivity contribution in [3.05, 3.63) is 60.2 Å². The van der Waals surface area contributed by atoms with Crippen molar-refractivity contribution >= 4 is 5.91 Å². The van der Waals surface area contributed by atoms with Crippen LogP contribution < -0.4 is 14.8 Å². The first-order valence-corrected chi connectivity index (χ1v) is 10.7. The molecule has 0 aromatic heterocycles. The summed E-state index contributed by atoms with van der Waals surface area (Å²) in [6.07, 6.45) is 4.49. The third-order valence-corrected chi connectivity index (χ3v) is 6.46. The molecule has 3 heterocycles. The summed E-state index contributed by atoms with van der Waals surface area (Å²) in [6.45, 7) is 2.34. The van der Waals surface area contributed by atoms with Gasteiger partial charge in [-0.05, 0) is 62.4 Å². The molecule has 2 bridgehead atoms. The molecule has 2 aromatic rings. The molecule has 2 fully saturated rings. The molecule has 2 aromatic carbocycles. The monoisotopic (exact) mass is 392 g/mol. The van der Waals surface area contributed by atoms with Gasteiger partial charge in [-0.25, -0.2) is 0 Å². The van der Waals surface area contributed by atoms with E-state index in [1.807, 2.05) is 54.6 Å². The highest BCUT2D eigenvalue weighted by Crippen LogP contribution is 2.39. The summed E-state index contributed by atoms with van der Waals surface area (Å²) in [7, 11) is 0. The summed E-state index contributed by atoms with van der Waals surface area (Å²) in [4.78, 5) is 15.1. The number of para-hydroxylation sites is 2. The fraction of sp³-hybridized carbons (Fsp3) is 0.458. The molecule has 29 heavy (non-hydrogen) atoms. The first-order valence-electron chi connectivity index (χ1n) is 10.7. The van der Waals surface area contributed by atoms with Crippen LogP contribution >= 0.6 is 0 Å². The predicted molar refractivity (Wildman–Crippen MR) is 111 cm³/mol. The van der Waals surface area contributed by atoms with Crippen LogP contribution in [0, 0.1) is 5.92 Å². The lowest BCUT2D eigenvalue weighted by Crippen LogP contribution is -2.48. The lowest BCUT2D eigenvalue weighted by molar-refractivity contribution is 0.0515. The zero-order valence-corrected chi connectivity index (χ0v) is 16.6. The van der Waals surface area contributed by atoms with Gasteiger partial charge in [0.25, 0.3) is 5.91 Å². The molecular weight excluding hydrogens is 364 g/mol. The molecule has 3 atom stereocenters. The van der Waals surface area contributed by atoms with Crippen molar-refractivity contribution in [2.24, 2.45) is 5.92 Å². The third kappa shape index (κ3) is 3.84. The lowest BCUT2D eigenvalue weighted by atomic mass is 9.90. The minimum atomic E-state index is 0.0429. The van der Waals surface area contributed by atoms with Crippen LogP contribution in [0.1, 0.15) is 36.0 Å². The quantitative estimate of drug-likeness (QED) is 0.846. The molecule has 152 valence electrons. The van der Waals surface area contributed by atoms with Crippen molar-refractivity contribution in [3.63, 3.8) is 0 Å². The van der Waals surface area contributed by atoms with Gasteiger partial charge >= 0.3 is 0 Å². The Morgan fingerprint density at radius 3 is 2.38 bits per heavy atom. The van der Waals surface area contributed by atoms with Crippen molar-refractivity contribution < 1.29 is 14.3 Å². The molecule has 0 saturated carbocycles. The van der Waals surface area contributed by atoms with Gasteiger partial charge in [0.2, 0.25) is 0 Å². The molecule has 0 spiro atoms. The van der Waals surface area contributed by atoms with Gasteiger partial charge < -0.3 is 19.7 Å². The number of carbonyl (C=O) groups is 1. The maximum atomic E-state index is 13.0. The standard InChI is InChI=1S/C24H28N2O3/c27-24(18-6-2-1-3-7-18)26-19-10-11-20(26)13-17(12-19)14-25-15-21-16-28-22-8-4-5-9-23(22)29-21/h1-9,17,19-21,25H,10-16H2. The van der Waals surface area contributed by atoms with E-state index >= 15 is 0 Å². The van der Waals surface area contributed by atoms with Gasteiger partial charge in [0, 0.05) is 24.2 Å². The topological polar surface area (TPSA) is 50.8 Å². The largest absolute Gasteiger partial charge is 0.486 e. The molecule has 5 rings (SSSR count). The number of piperidine rings is 1. The van der Waals surface area contributed by atoms with Gasteiger partial charge in [-0.3, -0.25) is 4.79 Å². The number of nitrogens with zero attached hydrogens (tertiary/aromatic N) is 1. The molecule has 0 radical (unpaired) electrons. The van der Waals surface area contributed by atoms with Crippen LogP contribution in [-0.2, 0) is 0 Å². The molecule has 3 aliphatic rings. The van der Waals surface area contributed by atoms with Crippen LogP contribution in [0.2, 0.25) is 0 Å². The van der Waals surface area contributed by atoms with E-state index in [9.17, 15) is 4.79 Å². The Hall–Kier alpha value is -2.53. The van der Waals surface area contributed by atoms with Crippen LogP contribution in [0.4, 0.5) is 0 Å². The third-order valence-electron chi connectivity index (χ3n) is 6.46. The number of rotatable bonds is 5. The number of fused-ring (bicyclic) bond motifs is 3. The fourth-order valence-electron chi connectivity index (χ4n) is 5.13. The second-order valence-electron chi connectivity index (χ2n) is 8.46. The van der Waals surface area contributed by atoms with E-state index in [1.54, 1.807) is 0 Å². The van der Waals surface area contributed by atoms with Crippen molar-refractivity contribution in [1.82, 2.24) is 10.2 Å². The second-order valence-corrected chi connectivity index (χ2v) is 8.46. The van der Waals surface area contributed by atoms with Gasteiger partial charge in [0.15, 0.2) is 11.5 Å². The van der Waals surface area contributed by atoms with Crippen molar-refractivity contribution in [2.75, 3.05) is 19.7 Å². The Labute approximate surface area is 172 Å². The normalized spacial score (nSPS) is 27.7. The number of ether oxygens (including phenoxy) is 2. The fourth-order valence-corrected chi connectivity index (χ4v) is 5.13. The predicted octanol–water partition coefficient (Wildman–Crippen LogP) is 3.50. The zero-order chi connectivity index (χ0) is 19.6. The molecular formula is C24H28N2O3. The molecule has 1 N–H and O–H groups in total. The highest BCUT2D eigenvalue weighted by atomic mass is 16.6. The van der Waals surface area contributed by atoms with E-state index in [0.29, 0.717) is 24.6 Å². The van der Waals surface area contributed by atoms with Gasteiger partial charge in [-0.15, -0.1) is 0 Å². The second kappa shape index (κ2) is 8.07. The highest BCUT2D eigenvalue weighted by molar-refractivity contribution is 5.94. The van der Waals surface area contributed by atoms with E-state index < -0.39 is 0 Å². The minimum Gasteiger partial charge on any atom is -0.486 e. The Bertz CT molecular complexity index is 842. The first-order chi connectivity index (χ1) is 14.3. The number of hydrogen-bond donors (Lipinski definition) is 1. The zero-order valence-electron chi connectivity index (χ0n) is 16.6. The maximum Gasteiger partial charge on any atom is 0.254 e. The number of nitrogens with one attached hydrogen (secondary N) is 1. The average molecular weight is 392 g/mol. The van der Waals surface area contributed by atoms with Crippen LogP contribution in [0.3, 0.4) is 0 Å². The lowest BCUT2D eigenvalue weighted by Gasteiger charge is -2.39. The van der Waals surface area contributed by atoms with Gasteiger partial charge in [-0.1, -0.05) is 30.3 Å².